The van der Waals surface area contributed by atoms with Crippen molar-refractivity contribution in [2.24, 2.45) is 5.92 Å². The van der Waals surface area contributed by atoms with Crippen LogP contribution in [0.15, 0.2) is 22.5 Å². The molecule has 0 aromatic rings. The normalized spacial score (nSPS) is 29.2. The van der Waals surface area contributed by atoms with Gasteiger partial charge >= 0.3 is 0 Å². The molecule has 0 saturated heterocycles. The van der Waals surface area contributed by atoms with Gasteiger partial charge in [-0.05, 0) is 37.5 Å². The van der Waals surface area contributed by atoms with Crippen LogP contribution in [0.3, 0.4) is 0 Å². The molecule has 0 saturated carbocycles. The van der Waals surface area contributed by atoms with Crippen LogP contribution in [0.4, 0.5) is 0 Å². The molecule has 0 aliphatic carbocycles. The first-order chi connectivity index (χ1) is 7.56. The number of hydrogen-bond donors (Lipinski definition) is 0. The summed E-state index contributed by atoms with van der Waals surface area (Å²) < 4.78 is 0. The van der Waals surface area contributed by atoms with Gasteiger partial charge in [0.15, 0.2) is 6.16 Å². The topological polar surface area (TPSA) is 0 Å². The van der Waals surface area contributed by atoms with Crippen LogP contribution in [0.2, 0.25) is 0 Å². The third-order valence-corrected chi connectivity index (χ3v) is 8.73. The molecular formula is C14H22P2+2. The Hall–Kier alpha value is -0.180. The van der Waals surface area contributed by atoms with E-state index in [2.05, 4.69) is 45.1 Å². The molecule has 0 bridgehead atoms. The summed E-state index contributed by atoms with van der Waals surface area (Å²) in [5.41, 5.74) is 4.79. The average Bonchev–Trinajstić information content (AvgIpc) is 2.70. The summed E-state index contributed by atoms with van der Waals surface area (Å²) >= 11 is 0. The van der Waals surface area contributed by atoms with E-state index in [0.717, 1.165) is 5.92 Å². The van der Waals surface area contributed by atoms with Crippen LogP contribution >= 0.6 is 15.1 Å². The molecule has 0 fully saturated rings. The highest BCUT2D eigenvalue weighted by Gasteiger charge is 2.25. The minimum absolute atomic E-state index is 0.122. The van der Waals surface area contributed by atoms with Gasteiger partial charge in [-0.2, -0.15) is 0 Å². The molecule has 0 radical (unpaired) electrons. The van der Waals surface area contributed by atoms with Gasteiger partial charge in [-0.25, -0.2) is 0 Å². The Labute approximate surface area is 102 Å². The van der Waals surface area contributed by atoms with Crippen molar-refractivity contribution in [2.45, 2.75) is 27.7 Å². The minimum atomic E-state index is 0.122. The van der Waals surface area contributed by atoms with Gasteiger partial charge < -0.3 is 0 Å². The summed E-state index contributed by atoms with van der Waals surface area (Å²) in [7, 11) is 0.321. The second-order valence-electron chi connectivity index (χ2n) is 5.11. The number of rotatable bonds is 3. The van der Waals surface area contributed by atoms with Crippen LogP contribution < -0.4 is 0 Å². The zero-order valence-corrected chi connectivity index (χ0v) is 12.6. The predicted octanol–water partition coefficient (Wildman–Crippen LogP) is 4.46. The van der Waals surface area contributed by atoms with Crippen molar-refractivity contribution in [3.05, 3.63) is 22.5 Å². The molecule has 2 aliphatic rings. The average molecular weight is 252 g/mol. The summed E-state index contributed by atoms with van der Waals surface area (Å²) in [5, 5.41) is 0. The first-order valence-corrected chi connectivity index (χ1v) is 9.55. The third kappa shape index (κ3) is 2.73. The van der Waals surface area contributed by atoms with E-state index in [0.29, 0.717) is 0 Å². The van der Waals surface area contributed by atoms with Crippen molar-refractivity contribution in [1.82, 2.24) is 0 Å². The summed E-state index contributed by atoms with van der Waals surface area (Å²) in [5.74, 6) is 8.42. The van der Waals surface area contributed by atoms with Crippen molar-refractivity contribution in [3.63, 3.8) is 0 Å². The zero-order valence-electron chi connectivity index (χ0n) is 10.8. The smallest absolute Gasteiger partial charge is 0.0514 e. The molecule has 0 spiro atoms. The second-order valence-corrected chi connectivity index (χ2v) is 9.34. The highest BCUT2D eigenvalue weighted by molar-refractivity contribution is 7.63. The third-order valence-electron chi connectivity index (χ3n) is 3.64. The molecule has 0 N–H and O–H groups in total. The molecule has 0 nitrogen and oxygen atoms in total. The fourth-order valence-electron chi connectivity index (χ4n) is 2.21. The van der Waals surface area contributed by atoms with Gasteiger partial charge in [0.05, 0.1) is 5.80 Å². The Balaban J connectivity index is 1.87. The van der Waals surface area contributed by atoms with Crippen LogP contribution in [-0.4, -0.2) is 30.1 Å². The second kappa shape index (κ2) is 4.99. The predicted molar refractivity (Wildman–Crippen MR) is 81.9 cm³/mol. The standard InChI is InChI=1S/C14H22P2/c1-11-7-15(8-12(11)2)5-6-16-9-13(3)14(4)10-16/h7-9,11H,5-6,10H2,1-4H3/q+2. The van der Waals surface area contributed by atoms with E-state index in [1.165, 1.54) is 18.5 Å². The zero-order chi connectivity index (χ0) is 11.7. The van der Waals surface area contributed by atoms with E-state index in [1.807, 2.05) is 0 Å². The number of hydrogen-bond acceptors (Lipinski definition) is 0. The van der Waals surface area contributed by atoms with E-state index >= 15 is 0 Å². The van der Waals surface area contributed by atoms with Gasteiger partial charge in [-0.1, -0.05) is 6.92 Å². The Morgan fingerprint density at radius 3 is 2.50 bits per heavy atom. The largest absolute Gasteiger partial charge is 0.151 e. The summed E-state index contributed by atoms with van der Waals surface area (Å²) in [6.07, 6.45) is 4.26. The Morgan fingerprint density at radius 1 is 1.25 bits per heavy atom. The molecule has 2 heterocycles. The van der Waals surface area contributed by atoms with Gasteiger partial charge in [0.1, 0.15) is 39.0 Å². The molecule has 2 aliphatic heterocycles. The summed E-state index contributed by atoms with van der Waals surface area (Å²) in [6.45, 7) is 9.19. The molecule has 0 aromatic carbocycles. The minimum Gasteiger partial charge on any atom is -0.0514 e. The van der Waals surface area contributed by atoms with Crippen LogP contribution in [0.5, 0.6) is 0 Å². The van der Waals surface area contributed by atoms with Crippen LogP contribution in [0.1, 0.15) is 27.7 Å². The number of allylic oxidation sites excluding steroid dienone is 3. The highest BCUT2D eigenvalue weighted by Crippen LogP contribution is 2.40. The lowest BCUT2D eigenvalue weighted by atomic mass is 10.1. The van der Waals surface area contributed by atoms with E-state index in [9.17, 15) is 0 Å². The van der Waals surface area contributed by atoms with Crippen molar-refractivity contribution in [2.75, 3.05) is 18.5 Å². The van der Waals surface area contributed by atoms with Crippen molar-refractivity contribution in [3.8, 4) is 0 Å². The maximum atomic E-state index is 2.59. The van der Waals surface area contributed by atoms with Crippen LogP contribution in [0, 0.1) is 5.92 Å². The van der Waals surface area contributed by atoms with E-state index in [-0.39, 0.29) is 15.1 Å². The van der Waals surface area contributed by atoms with Gasteiger partial charge in [-0.3, -0.25) is 0 Å². The Morgan fingerprint density at radius 2 is 2.00 bits per heavy atom. The molecule has 16 heavy (non-hydrogen) atoms. The maximum Gasteiger partial charge on any atom is 0.151 e. The molecule has 2 heteroatoms. The monoisotopic (exact) mass is 252 g/mol. The molecular weight excluding hydrogens is 230 g/mol. The van der Waals surface area contributed by atoms with Crippen molar-refractivity contribution in [1.29, 1.82) is 0 Å². The van der Waals surface area contributed by atoms with E-state index in [4.69, 9.17) is 0 Å². The van der Waals surface area contributed by atoms with Crippen LogP contribution in [0.25, 0.3) is 0 Å². The summed E-state index contributed by atoms with van der Waals surface area (Å²) in [6, 6.07) is 0. The lowest BCUT2D eigenvalue weighted by Crippen LogP contribution is -1.91. The lowest BCUT2D eigenvalue weighted by Gasteiger charge is -1.91. The fraction of sp³-hybridized carbons (Fsp3) is 0.571. The quantitative estimate of drug-likeness (QED) is 0.650. The van der Waals surface area contributed by atoms with Gasteiger partial charge in [0.25, 0.3) is 0 Å². The molecule has 3 atom stereocenters. The maximum absolute atomic E-state index is 2.59. The van der Waals surface area contributed by atoms with Crippen molar-refractivity contribution < 1.29 is 0 Å². The molecule has 86 valence electrons. The van der Waals surface area contributed by atoms with Crippen molar-refractivity contribution >= 4 is 26.7 Å². The molecule has 3 unspecified atom stereocenters. The SMILES string of the molecule is CC1=C[P+](CC[P+]2=CC(C)=C(C)C2)=CC1C. The molecule has 0 amide bonds. The molecule has 2 rings (SSSR count). The lowest BCUT2D eigenvalue weighted by molar-refractivity contribution is 0.957. The van der Waals surface area contributed by atoms with Gasteiger partial charge in [-0.15, -0.1) is 0 Å². The Kier molecular flexibility index (Phi) is 3.83. The van der Waals surface area contributed by atoms with Gasteiger partial charge in [0.2, 0.25) is 0 Å². The molecule has 0 aromatic heterocycles. The van der Waals surface area contributed by atoms with Gasteiger partial charge in [0, 0.05) is 5.92 Å². The fourth-order valence-corrected chi connectivity index (χ4v) is 8.10. The summed E-state index contributed by atoms with van der Waals surface area (Å²) in [4.78, 5) is 0. The first-order valence-electron chi connectivity index (χ1n) is 6.10. The Bertz CT molecular complexity index is 422. The van der Waals surface area contributed by atoms with E-state index in [1.54, 1.807) is 16.7 Å². The highest BCUT2D eigenvalue weighted by atomic mass is 31.1. The van der Waals surface area contributed by atoms with E-state index < -0.39 is 0 Å². The first kappa shape index (κ1) is 12.3. The van der Waals surface area contributed by atoms with Crippen LogP contribution in [-0.2, 0) is 0 Å².